The second kappa shape index (κ2) is 18.5. The van der Waals surface area contributed by atoms with Gasteiger partial charge in [-0.3, -0.25) is 4.79 Å². The molecule has 0 unspecified atom stereocenters. The number of hydrogen-bond acceptors (Lipinski definition) is 19. The summed E-state index contributed by atoms with van der Waals surface area (Å²) in [6, 6.07) is 0. The number of carbonyl (C=O) groups excluding carboxylic acids is 1. The number of esters is 1. The Kier molecular flexibility index (Phi) is 14.4. The van der Waals surface area contributed by atoms with Gasteiger partial charge in [0.1, 0.15) is 73.2 Å². The average Bonchev–Trinajstić information content (AvgIpc) is 3.29. The number of aliphatic hydroxyl groups is 12. The Hall–Kier alpha value is -1.47. The van der Waals surface area contributed by atoms with Gasteiger partial charge in [0.05, 0.1) is 37.9 Å². The SMILES string of the molecule is CC1(C)CC[C@]2(C(=O)O[C@@H]3O[C@H](CO)[C@@H](O)[C@H](O)[C@H]3O)CC[C@]3(C)C(=CC[C@@H]4[C@@]5(C)CC[C@H](O[C@@H]6O[C@H](CO)[C@@H](O)[C@H](O[C@@H]7O[C@H](CO)[C@H](O)[C@H](O)[C@H]7O)[C@H]6O)[C@@](C)(CO)[C@@H]5CC[C@]43C)[C@@H]2C1. The first-order valence-corrected chi connectivity index (χ1v) is 24.5. The molecular weight excluding hydrogens is 881 g/mol. The minimum atomic E-state index is -1.82. The number of allylic oxidation sites excluding steroid dienone is 2. The lowest BCUT2D eigenvalue weighted by Gasteiger charge is -2.71. The van der Waals surface area contributed by atoms with E-state index in [4.69, 9.17) is 28.4 Å². The normalized spacial score (nSPS) is 54.1. The van der Waals surface area contributed by atoms with Crippen LogP contribution in [0.4, 0.5) is 0 Å². The monoisotopic (exact) mass is 959 g/mol. The van der Waals surface area contributed by atoms with Gasteiger partial charge in [0.2, 0.25) is 6.29 Å². The minimum Gasteiger partial charge on any atom is -0.432 e. The molecule has 0 amide bonds. The van der Waals surface area contributed by atoms with Gasteiger partial charge in [-0.25, -0.2) is 0 Å². The zero-order chi connectivity index (χ0) is 49.0. The molecule has 24 atom stereocenters. The van der Waals surface area contributed by atoms with Crippen LogP contribution >= 0.6 is 0 Å². The Morgan fingerprint density at radius 2 is 1.16 bits per heavy atom. The van der Waals surface area contributed by atoms with E-state index < -0.39 is 135 Å². The first-order chi connectivity index (χ1) is 31.4. The maximum absolute atomic E-state index is 14.7. The molecule has 8 aliphatic rings. The lowest BCUT2D eigenvalue weighted by molar-refractivity contribution is -0.370. The molecule has 3 aliphatic heterocycles. The van der Waals surface area contributed by atoms with Crippen LogP contribution in [0.5, 0.6) is 0 Å². The number of aliphatic hydroxyl groups excluding tert-OH is 12. The second-order valence-electron chi connectivity index (χ2n) is 23.3. The van der Waals surface area contributed by atoms with Gasteiger partial charge in [0.25, 0.3) is 0 Å². The minimum absolute atomic E-state index is 0.0636. The van der Waals surface area contributed by atoms with Crippen molar-refractivity contribution < 1.29 is 94.5 Å². The highest BCUT2D eigenvalue weighted by Gasteiger charge is 2.70. The molecule has 12 N–H and O–H groups in total. The van der Waals surface area contributed by atoms with E-state index in [2.05, 4.69) is 40.7 Å². The van der Waals surface area contributed by atoms with Crippen molar-refractivity contribution in [2.24, 2.45) is 50.2 Å². The fourth-order valence-electron chi connectivity index (χ4n) is 15.1. The van der Waals surface area contributed by atoms with E-state index in [1.54, 1.807) is 0 Å². The van der Waals surface area contributed by atoms with Crippen molar-refractivity contribution in [2.45, 2.75) is 204 Å². The van der Waals surface area contributed by atoms with Gasteiger partial charge < -0.3 is 89.7 Å². The van der Waals surface area contributed by atoms with Gasteiger partial charge in [-0.15, -0.1) is 0 Å². The van der Waals surface area contributed by atoms with E-state index in [1.165, 1.54) is 5.57 Å². The summed E-state index contributed by atoms with van der Waals surface area (Å²) in [5, 5.41) is 127. The predicted octanol–water partition coefficient (Wildman–Crippen LogP) is -0.887. The van der Waals surface area contributed by atoms with Crippen LogP contribution in [0.1, 0.15) is 106 Å². The standard InChI is InChI=1S/C48H78O19/c1-43(2)13-15-48(42(61)67-40-36(59)34(57)31(54)25(19-50)63-40)16-14-46(5)22(23(48)17-43)7-8-28-44(3)11-10-29(45(4,21-52)27(44)9-12-47(28,46)6)65-41-37(60)38(32(55)26(20-51)64-41)66-39-35(58)33(56)30(53)24(18-49)62-39/h7,23-41,49-60H,8-21H2,1-6H3/t23-,24+,25+,26+,27+,28+,29-,30-,31+,32+,33-,34-,35+,36+,37+,38-,39-,40-,41-,44-,45-,46+,47+,48-/m0/s1. The largest absolute Gasteiger partial charge is 0.432 e. The Labute approximate surface area is 392 Å². The average molecular weight is 959 g/mol. The fourth-order valence-corrected chi connectivity index (χ4v) is 15.1. The lowest BCUT2D eigenvalue weighted by atomic mass is 9.33. The van der Waals surface area contributed by atoms with Crippen molar-refractivity contribution in [3.63, 3.8) is 0 Å². The van der Waals surface area contributed by atoms with Crippen molar-refractivity contribution in [3.8, 4) is 0 Å². The van der Waals surface area contributed by atoms with Gasteiger partial charge in [-0.05, 0) is 104 Å². The smallest absolute Gasteiger partial charge is 0.315 e. The van der Waals surface area contributed by atoms with Crippen molar-refractivity contribution in [3.05, 3.63) is 11.6 Å². The number of hydrogen-bond donors (Lipinski definition) is 12. The van der Waals surface area contributed by atoms with Crippen LogP contribution in [-0.2, 0) is 33.2 Å². The molecule has 0 spiro atoms. The van der Waals surface area contributed by atoms with E-state index in [0.717, 1.165) is 32.1 Å². The number of carbonyl (C=O) groups is 1. The van der Waals surface area contributed by atoms with Crippen LogP contribution in [0, 0.1) is 50.2 Å². The number of ether oxygens (including phenoxy) is 6. The maximum atomic E-state index is 14.7. The topological polar surface area (TPSA) is 315 Å². The van der Waals surface area contributed by atoms with Crippen molar-refractivity contribution in [2.75, 3.05) is 26.4 Å². The molecule has 0 aromatic carbocycles. The summed E-state index contributed by atoms with van der Waals surface area (Å²) in [5.41, 5.74) is -1.49. The van der Waals surface area contributed by atoms with Gasteiger partial charge in [-0.1, -0.05) is 53.2 Å². The summed E-state index contributed by atoms with van der Waals surface area (Å²) >= 11 is 0. The van der Waals surface area contributed by atoms with E-state index in [1.807, 2.05) is 6.92 Å². The van der Waals surface area contributed by atoms with Crippen LogP contribution in [0.25, 0.3) is 0 Å². The molecule has 3 saturated heterocycles. The molecule has 67 heavy (non-hydrogen) atoms. The molecule has 0 aromatic rings. The molecule has 8 rings (SSSR count). The van der Waals surface area contributed by atoms with Crippen LogP contribution in [0.2, 0.25) is 0 Å². The van der Waals surface area contributed by atoms with Crippen molar-refractivity contribution in [1.82, 2.24) is 0 Å². The summed E-state index contributed by atoms with van der Waals surface area (Å²) in [7, 11) is 0. The third kappa shape index (κ3) is 8.10. The van der Waals surface area contributed by atoms with E-state index >= 15 is 0 Å². The van der Waals surface area contributed by atoms with Gasteiger partial charge >= 0.3 is 5.97 Å². The molecule has 7 fully saturated rings. The molecule has 19 nitrogen and oxygen atoms in total. The summed E-state index contributed by atoms with van der Waals surface area (Å²) in [5.74, 6) is -0.601. The van der Waals surface area contributed by atoms with E-state index in [-0.39, 0.29) is 46.0 Å². The van der Waals surface area contributed by atoms with E-state index in [0.29, 0.717) is 32.1 Å². The second-order valence-corrected chi connectivity index (χ2v) is 23.3. The Morgan fingerprint density at radius 1 is 0.612 bits per heavy atom. The molecule has 0 radical (unpaired) electrons. The Balaban J connectivity index is 1.04. The lowest BCUT2D eigenvalue weighted by Crippen LogP contribution is -2.67. The summed E-state index contributed by atoms with van der Waals surface area (Å²) in [6.07, 6.45) is -15.3. The fraction of sp³-hybridized carbons (Fsp3) is 0.938. The molecule has 5 aliphatic carbocycles. The first-order valence-electron chi connectivity index (χ1n) is 24.5. The number of rotatable bonds is 10. The highest BCUT2D eigenvalue weighted by molar-refractivity contribution is 5.79. The summed E-state index contributed by atoms with van der Waals surface area (Å²) in [6.45, 7) is 11.2. The van der Waals surface area contributed by atoms with Gasteiger partial charge in [-0.2, -0.15) is 0 Å². The molecule has 0 bridgehead atoms. The highest BCUT2D eigenvalue weighted by atomic mass is 16.7. The number of fused-ring (bicyclic) bond motifs is 7. The summed E-state index contributed by atoms with van der Waals surface area (Å²) < 4.78 is 35.6. The Bertz CT molecular complexity index is 1810. The Morgan fingerprint density at radius 3 is 1.76 bits per heavy atom. The molecule has 19 heteroatoms. The van der Waals surface area contributed by atoms with Crippen LogP contribution < -0.4 is 0 Å². The van der Waals surface area contributed by atoms with Gasteiger partial charge in [0.15, 0.2) is 12.6 Å². The van der Waals surface area contributed by atoms with Crippen molar-refractivity contribution in [1.29, 1.82) is 0 Å². The van der Waals surface area contributed by atoms with E-state index in [9.17, 15) is 66.1 Å². The summed E-state index contributed by atoms with van der Waals surface area (Å²) in [4.78, 5) is 14.7. The zero-order valence-electron chi connectivity index (χ0n) is 39.7. The zero-order valence-corrected chi connectivity index (χ0v) is 39.7. The molecule has 4 saturated carbocycles. The third-order valence-corrected chi connectivity index (χ3v) is 19.5. The third-order valence-electron chi connectivity index (χ3n) is 19.5. The predicted molar refractivity (Wildman–Crippen MR) is 232 cm³/mol. The highest BCUT2D eigenvalue weighted by Crippen LogP contribution is 2.76. The van der Waals surface area contributed by atoms with Crippen LogP contribution in [-0.4, -0.2) is 192 Å². The molecular formula is C48H78O19. The quantitative estimate of drug-likeness (QED) is 0.0718. The molecule has 3 heterocycles. The molecule has 0 aromatic heterocycles. The maximum Gasteiger partial charge on any atom is 0.315 e. The van der Waals surface area contributed by atoms with Crippen molar-refractivity contribution >= 4 is 5.97 Å². The first kappa shape index (κ1) is 51.9. The van der Waals surface area contributed by atoms with Crippen LogP contribution in [0.3, 0.4) is 0 Å². The van der Waals surface area contributed by atoms with Crippen LogP contribution in [0.15, 0.2) is 11.6 Å². The van der Waals surface area contributed by atoms with Gasteiger partial charge in [0, 0.05) is 5.41 Å². The molecule has 384 valence electrons.